The van der Waals surface area contributed by atoms with Crippen LogP contribution in [0.25, 0.3) is 0 Å². The Morgan fingerprint density at radius 2 is 2.10 bits per heavy atom. The number of carboxylic acid groups (broad SMARTS) is 1. The second-order valence-electron chi connectivity index (χ2n) is 4.34. The third kappa shape index (κ3) is 4.12. The van der Waals surface area contributed by atoms with Gasteiger partial charge in [-0.2, -0.15) is 11.8 Å². The van der Waals surface area contributed by atoms with E-state index in [1.165, 1.54) is 24.3 Å². The molecule has 0 aromatic heterocycles. The van der Waals surface area contributed by atoms with Gasteiger partial charge >= 0.3 is 5.97 Å². The van der Waals surface area contributed by atoms with Gasteiger partial charge in [0.05, 0.1) is 4.90 Å². The number of sulfonamides is 1. The number of benzene rings is 1. The summed E-state index contributed by atoms with van der Waals surface area (Å²) >= 11 is 1.73. The highest BCUT2D eigenvalue weighted by molar-refractivity contribution is 7.99. The Morgan fingerprint density at radius 3 is 2.65 bits per heavy atom. The Bertz CT molecular complexity index is 564. The number of hydrogen-bond donors (Lipinski definition) is 2. The molecule has 20 heavy (non-hydrogen) atoms. The Balaban J connectivity index is 2.02. The maximum Gasteiger partial charge on any atom is 0.341 e. The van der Waals surface area contributed by atoms with E-state index in [1.54, 1.807) is 11.8 Å². The number of thioether (sulfide) groups is 1. The molecule has 8 heteroatoms. The summed E-state index contributed by atoms with van der Waals surface area (Å²) < 4.78 is 31.8. The first-order valence-electron chi connectivity index (χ1n) is 6.02. The van der Waals surface area contributed by atoms with Gasteiger partial charge in [-0.3, -0.25) is 0 Å². The lowest BCUT2D eigenvalue weighted by Gasteiger charge is -2.12. The lowest BCUT2D eigenvalue weighted by molar-refractivity contribution is -0.139. The van der Waals surface area contributed by atoms with Crippen molar-refractivity contribution in [1.82, 2.24) is 4.72 Å². The second kappa shape index (κ2) is 6.47. The fraction of sp³-hybridized carbons (Fsp3) is 0.417. The summed E-state index contributed by atoms with van der Waals surface area (Å²) in [5.41, 5.74) is 0. The van der Waals surface area contributed by atoms with E-state index in [-0.39, 0.29) is 10.9 Å². The van der Waals surface area contributed by atoms with E-state index in [2.05, 4.69) is 4.72 Å². The number of aliphatic carboxylic acids is 1. The molecule has 1 atom stereocenters. The molecule has 1 saturated heterocycles. The Morgan fingerprint density at radius 1 is 1.40 bits per heavy atom. The molecule has 0 bridgehead atoms. The van der Waals surface area contributed by atoms with E-state index in [4.69, 9.17) is 9.84 Å². The van der Waals surface area contributed by atoms with Gasteiger partial charge in [-0.05, 0) is 36.4 Å². The topological polar surface area (TPSA) is 92.7 Å². The lowest BCUT2D eigenvalue weighted by atomic mass is 10.3. The van der Waals surface area contributed by atoms with Crippen molar-refractivity contribution in [1.29, 1.82) is 0 Å². The van der Waals surface area contributed by atoms with Crippen molar-refractivity contribution in [2.45, 2.75) is 17.4 Å². The molecule has 2 rings (SSSR count). The highest BCUT2D eigenvalue weighted by Crippen LogP contribution is 2.21. The average Bonchev–Trinajstić information content (AvgIpc) is 2.89. The van der Waals surface area contributed by atoms with Crippen molar-refractivity contribution >= 4 is 27.8 Å². The molecule has 1 aromatic rings. The SMILES string of the molecule is O=C(O)COc1ccc(S(=O)(=O)NC2CCSC2)cc1. The van der Waals surface area contributed by atoms with Crippen LogP contribution < -0.4 is 9.46 Å². The first kappa shape index (κ1) is 15.1. The van der Waals surface area contributed by atoms with Gasteiger partial charge in [0.15, 0.2) is 6.61 Å². The zero-order valence-electron chi connectivity index (χ0n) is 10.6. The lowest BCUT2D eigenvalue weighted by Crippen LogP contribution is -2.34. The minimum Gasteiger partial charge on any atom is -0.482 e. The molecule has 2 N–H and O–H groups in total. The van der Waals surface area contributed by atoms with Gasteiger partial charge < -0.3 is 9.84 Å². The summed E-state index contributed by atoms with van der Waals surface area (Å²) in [6, 6.07) is 5.68. The average molecular weight is 317 g/mol. The summed E-state index contributed by atoms with van der Waals surface area (Å²) in [5.74, 6) is 0.999. The zero-order chi connectivity index (χ0) is 14.6. The van der Waals surface area contributed by atoms with E-state index < -0.39 is 22.6 Å². The molecule has 0 amide bonds. The van der Waals surface area contributed by atoms with Gasteiger partial charge in [-0.1, -0.05) is 0 Å². The van der Waals surface area contributed by atoms with E-state index in [0.29, 0.717) is 5.75 Å². The fourth-order valence-electron chi connectivity index (χ4n) is 1.78. The molecule has 1 fully saturated rings. The molecule has 0 spiro atoms. The number of rotatable bonds is 6. The van der Waals surface area contributed by atoms with Crippen molar-refractivity contribution in [2.75, 3.05) is 18.1 Å². The van der Waals surface area contributed by atoms with E-state index in [9.17, 15) is 13.2 Å². The summed E-state index contributed by atoms with van der Waals surface area (Å²) in [7, 11) is -3.53. The Hall–Kier alpha value is -1.25. The first-order chi connectivity index (χ1) is 9.47. The second-order valence-corrected chi connectivity index (χ2v) is 7.20. The van der Waals surface area contributed by atoms with Crippen molar-refractivity contribution in [3.05, 3.63) is 24.3 Å². The summed E-state index contributed by atoms with van der Waals surface area (Å²) in [6.07, 6.45) is 0.837. The highest BCUT2D eigenvalue weighted by atomic mass is 32.2. The minimum absolute atomic E-state index is 0.0204. The smallest absolute Gasteiger partial charge is 0.341 e. The van der Waals surface area contributed by atoms with Gasteiger partial charge in [0.25, 0.3) is 0 Å². The molecule has 0 radical (unpaired) electrons. The fourth-order valence-corrected chi connectivity index (χ4v) is 4.30. The van der Waals surface area contributed by atoms with Crippen LogP contribution in [0, 0.1) is 0 Å². The van der Waals surface area contributed by atoms with Crippen LogP contribution in [0.5, 0.6) is 5.75 Å². The minimum atomic E-state index is -3.53. The Kier molecular flexibility index (Phi) is 4.90. The predicted octanol–water partition coefficient (Wildman–Crippen LogP) is 0.934. The van der Waals surface area contributed by atoms with Crippen molar-refractivity contribution in [3.8, 4) is 5.75 Å². The number of ether oxygens (including phenoxy) is 1. The van der Waals surface area contributed by atoms with Gasteiger partial charge in [0, 0.05) is 11.8 Å². The molecule has 0 aliphatic carbocycles. The van der Waals surface area contributed by atoms with Crippen LogP contribution in [0.4, 0.5) is 0 Å². The molecular weight excluding hydrogens is 302 g/mol. The summed E-state index contributed by atoms with van der Waals surface area (Å²) in [4.78, 5) is 10.5. The molecule has 1 aliphatic rings. The van der Waals surface area contributed by atoms with Crippen LogP contribution in [0.2, 0.25) is 0 Å². The number of hydrogen-bond acceptors (Lipinski definition) is 5. The molecule has 6 nitrogen and oxygen atoms in total. The van der Waals surface area contributed by atoms with Crippen molar-refractivity contribution in [3.63, 3.8) is 0 Å². The van der Waals surface area contributed by atoms with E-state index in [0.717, 1.165) is 17.9 Å². The van der Waals surface area contributed by atoms with Gasteiger partial charge in [0.1, 0.15) is 5.75 Å². The van der Waals surface area contributed by atoms with Crippen LogP contribution in [-0.2, 0) is 14.8 Å². The van der Waals surface area contributed by atoms with Crippen LogP contribution in [0.15, 0.2) is 29.2 Å². The first-order valence-corrected chi connectivity index (χ1v) is 8.66. The highest BCUT2D eigenvalue weighted by Gasteiger charge is 2.23. The molecule has 1 unspecified atom stereocenters. The maximum atomic E-state index is 12.1. The largest absolute Gasteiger partial charge is 0.482 e. The summed E-state index contributed by atoms with van der Waals surface area (Å²) in [5, 5.41) is 8.49. The molecule has 1 heterocycles. The van der Waals surface area contributed by atoms with Gasteiger partial charge in [-0.25, -0.2) is 17.9 Å². The zero-order valence-corrected chi connectivity index (χ0v) is 12.2. The standard InChI is InChI=1S/C12H15NO5S2/c14-12(15)7-18-10-1-3-11(4-2-10)20(16,17)13-9-5-6-19-8-9/h1-4,9,13H,5-8H2,(H,14,15). The number of nitrogens with one attached hydrogen (secondary N) is 1. The van der Waals surface area contributed by atoms with Gasteiger partial charge in [-0.15, -0.1) is 0 Å². The van der Waals surface area contributed by atoms with Crippen LogP contribution in [0.1, 0.15) is 6.42 Å². The third-order valence-electron chi connectivity index (χ3n) is 2.75. The monoisotopic (exact) mass is 317 g/mol. The van der Waals surface area contributed by atoms with Crippen LogP contribution >= 0.6 is 11.8 Å². The molecule has 1 aliphatic heterocycles. The van der Waals surface area contributed by atoms with Gasteiger partial charge in [0.2, 0.25) is 10.0 Å². The van der Waals surface area contributed by atoms with Crippen molar-refractivity contribution < 1.29 is 23.1 Å². The van der Waals surface area contributed by atoms with Crippen LogP contribution in [0.3, 0.4) is 0 Å². The summed E-state index contributed by atoms with van der Waals surface area (Å²) in [6.45, 7) is -0.455. The van der Waals surface area contributed by atoms with Crippen molar-refractivity contribution in [2.24, 2.45) is 0 Å². The molecule has 1 aromatic carbocycles. The van der Waals surface area contributed by atoms with E-state index in [1.807, 2.05) is 0 Å². The van der Waals surface area contributed by atoms with Crippen LogP contribution in [-0.4, -0.2) is 43.6 Å². The Labute approximate surface area is 121 Å². The number of carboxylic acids is 1. The number of carbonyl (C=O) groups is 1. The molecular formula is C12H15NO5S2. The quantitative estimate of drug-likeness (QED) is 0.811. The predicted molar refractivity (Wildman–Crippen MR) is 75.6 cm³/mol. The molecule has 110 valence electrons. The third-order valence-corrected chi connectivity index (χ3v) is 5.45. The van der Waals surface area contributed by atoms with E-state index >= 15 is 0 Å². The maximum absolute atomic E-state index is 12.1. The molecule has 0 saturated carbocycles. The normalized spacial score (nSPS) is 18.9.